The Balaban J connectivity index is 1.75. The lowest BCUT2D eigenvalue weighted by Crippen LogP contribution is -2.41. The minimum absolute atomic E-state index is 0.225. The van der Waals surface area contributed by atoms with Crippen molar-refractivity contribution in [2.75, 3.05) is 0 Å². The lowest BCUT2D eigenvalue weighted by atomic mass is 9.96. The van der Waals surface area contributed by atoms with Crippen LogP contribution in [0.3, 0.4) is 0 Å². The van der Waals surface area contributed by atoms with Gasteiger partial charge in [0.2, 0.25) is 4.80 Å². The van der Waals surface area contributed by atoms with Gasteiger partial charge in [0.25, 0.3) is 0 Å². The molecule has 1 aliphatic carbocycles. The molecule has 0 unspecified atom stereocenters. The molecule has 0 radical (unpaired) electrons. The summed E-state index contributed by atoms with van der Waals surface area (Å²) in [5.74, 6) is -0.962. The van der Waals surface area contributed by atoms with Crippen molar-refractivity contribution < 1.29 is 14.7 Å². The highest BCUT2D eigenvalue weighted by molar-refractivity contribution is 7.16. The van der Waals surface area contributed by atoms with Gasteiger partial charge in [0, 0.05) is 13.1 Å². The largest absolute Gasteiger partial charge is 0.478 e. The summed E-state index contributed by atoms with van der Waals surface area (Å²) in [6.07, 6.45) is 5.57. The normalized spacial score (nSPS) is 16.3. The lowest BCUT2D eigenvalue weighted by molar-refractivity contribution is 0.0697. The number of hydrogen-bond donors (Lipinski definition) is 3. The number of nitrogens with zero attached hydrogens (tertiary/aromatic N) is 2. The molecule has 7 nitrogen and oxygen atoms in total. The van der Waals surface area contributed by atoms with Crippen LogP contribution in [-0.2, 0) is 7.05 Å². The number of fused-ring (bicyclic) bond motifs is 1. The van der Waals surface area contributed by atoms with Gasteiger partial charge in [0.15, 0.2) is 0 Å². The minimum atomic E-state index is -0.962. The predicted molar refractivity (Wildman–Crippen MR) is 91.9 cm³/mol. The lowest BCUT2D eigenvalue weighted by Gasteiger charge is -2.22. The number of rotatable bonds is 3. The number of aryl methyl sites for hydroxylation is 1. The second-order valence-electron chi connectivity index (χ2n) is 5.96. The molecule has 0 bridgehead atoms. The van der Waals surface area contributed by atoms with Crippen LogP contribution in [0.25, 0.3) is 10.2 Å². The van der Waals surface area contributed by atoms with Crippen LogP contribution in [0.1, 0.15) is 42.5 Å². The highest BCUT2D eigenvalue weighted by Gasteiger charge is 2.15. The molecule has 0 spiro atoms. The SMILES string of the molecule is Cn1c(=NNC(=O)NC2CCCCC2)sc2cc(C(=O)O)ccc21. The fourth-order valence-electron chi connectivity index (χ4n) is 2.94. The fraction of sp³-hybridized carbons (Fsp3) is 0.438. The third-order valence-corrected chi connectivity index (χ3v) is 5.34. The number of urea groups is 1. The quantitative estimate of drug-likeness (QED) is 0.743. The van der Waals surface area contributed by atoms with E-state index in [1.54, 1.807) is 18.2 Å². The first-order chi connectivity index (χ1) is 11.5. The van der Waals surface area contributed by atoms with Crippen molar-refractivity contribution in [3.05, 3.63) is 28.6 Å². The van der Waals surface area contributed by atoms with Crippen molar-refractivity contribution in [2.45, 2.75) is 38.1 Å². The number of carboxylic acid groups (broad SMARTS) is 1. The second-order valence-corrected chi connectivity index (χ2v) is 6.97. The van der Waals surface area contributed by atoms with E-state index in [4.69, 9.17) is 5.11 Å². The van der Waals surface area contributed by atoms with Crippen LogP contribution in [0.15, 0.2) is 23.3 Å². The number of amides is 2. The van der Waals surface area contributed by atoms with Gasteiger partial charge in [0.1, 0.15) is 0 Å². The molecule has 0 aliphatic heterocycles. The van der Waals surface area contributed by atoms with Gasteiger partial charge in [0.05, 0.1) is 15.8 Å². The number of thiazole rings is 1. The number of benzene rings is 1. The Bertz CT molecular complexity index is 833. The zero-order chi connectivity index (χ0) is 17.1. The summed E-state index contributed by atoms with van der Waals surface area (Å²) in [5, 5.41) is 16.2. The molecule has 1 aromatic heterocycles. The molecule has 3 rings (SSSR count). The molecule has 0 atom stereocenters. The van der Waals surface area contributed by atoms with E-state index in [9.17, 15) is 9.59 Å². The number of nitrogens with one attached hydrogen (secondary N) is 2. The van der Waals surface area contributed by atoms with Gasteiger partial charge < -0.3 is 15.0 Å². The topological polar surface area (TPSA) is 95.7 Å². The molecule has 1 aromatic carbocycles. The molecule has 8 heteroatoms. The maximum Gasteiger partial charge on any atom is 0.335 e. The average Bonchev–Trinajstić information content (AvgIpc) is 2.89. The molecule has 1 aliphatic rings. The monoisotopic (exact) mass is 348 g/mol. The van der Waals surface area contributed by atoms with Gasteiger partial charge in [-0.05, 0) is 31.0 Å². The highest BCUT2D eigenvalue weighted by Crippen LogP contribution is 2.18. The number of carbonyl (C=O) groups excluding carboxylic acids is 1. The number of aromatic nitrogens is 1. The highest BCUT2D eigenvalue weighted by atomic mass is 32.1. The third kappa shape index (κ3) is 3.59. The molecule has 128 valence electrons. The van der Waals surface area contributed by atoms with Crippen LogP contribution in [0.5, 0.6) is 0 Å². The number of carboxylic acids is 1. The summed E-state index contributed by atoms with van der Waals surface area (Å²) < 4.78 is 2.64. The van der Waals surface area contributed by atoms with Crippen LogP contribution >= 0.6 is 11.3 Å². The van der Waals surface area contributed by atoms with Crippen LogP contribution in [0.2, 0.25) is 0 Å². The van der Waals surface area contributed by atoms with Crippen molar-refractivity contribution in [2.24, 2.45) is 12.1 Å². The summed E-state index contributed by atoms with van der Waals surface area (Å²) >= 11 is 1.33. The molecule has 24 heavy (non-hydrogen) atoms. The van der Waals surface area contributed by atoms with Gasteiger partial charge >= 0.3 is 12.0 Å². The predicted octanol–water partition coefficient (Wildman–Crippen LogP) is 2.39. The Morgan fingerprint density at radius 1 is 1.29 bits per heavy atom. The first-order valence-electron chi connectivity index (χ1n) is 7.97. The van der Waals surface area contributed by atoms with E-state index in [-0.39, 0.29) is 17.6 Å². The summed E-state index contributed by atoms with van der Waals surface area (Å²) in [7, 11) is 1.83. The number of hydrogen-bond acceptors (Lipinski definition) is 4. The summed E-state index contributed by atoms with van der Waals surface area (Å²) in [4.78, 5) is 23.6. The van der Waals surface area contributed by atoms with Crippen molar-refractivity contribution in [1.82, 2.24) is 15.3 Å². The first-order valence-corrected chi connectivity index (χ1v) is 8.79. The molecule has 0 saturated heterocycles. The Hall–Kier alpha value is -2.35. The van der Waals surface area contributed by atoms with E-state index in [1.165, 1.54) is 17.8 Å². The first kappa shape index (κ1) is 16.5. The van der Waals surface area contributed by atoms with E-state index in [0.717, 1.165) is 35.9 Å². The van der Waals surface area contributed by atoms with Gasteiger partial charge in [-0.15, -0.1) is 5.10 Å². The standard InChI is InChI=1S/C16H20N4O3S/c1-20-12-8-7-10(14(21)22)9-13(12)24-16(20)19-18-15(23)17-11-5-3-2-4-6-11/h7-9,11H,2-6H2,1H3,(H,21,22)(H2,17,18,23). The summed E-state index contributed by atoms with van der Waals surface area (Å²) in [5.41, 5.74) is 3.64. The molecule has 2 amide bonds. The molecule has 1 saturated carbocycles. The Morgan fingerprint density at radius 3 is 2.75 bits per heavy atom. The van der Waals surface area contributed by atoms with E-state index < -0.39 is 5.97 Å². The molecule has 1 fully saturated rings. The smallest absolute Gasteiger partial charge is 0.335 e. The van der Waals surface area contributed by atoms with Crippen molar-refractivity contribution >= 4 is 33.6 Å². The zero-order valence-corrected chi connectivity index (χ0v) is 14.2. The fourth-order valence-corrected chi connectivity index (χ4v) is 3.96. The van der Waals surface area contributed by atoms with Gasteiger partial charge in [-0.25, -0.2) is 15.0 Å². The summed E-state index contributed by atoms with van der Waals surface area (Å²) in [6, 6.07) is 4.85. The van der Waals surface area contributed by atoms with Crippen LogP contribution in [0.4, 0.5) is 4.79 Å². The molecule has 1 heterocycles. The van der Waals surface area contributed by atoms with E-state index in [0.29, 0.717) is 4.80 Å². The Labute approximate surface area is 143 Å². The van der Waals surface area contributed by atoms with Crippen molar-refractivity contribution in [3.63, 3.8) is 0 Å². The minimum Gasteiger partial charge on any atom is -0.478 e. The Morgan fingerprint density at radius 2 is 2.04 bits per heavy atom. The molecular formula is C16H20N4O3S. The van der Waals surface area contributed by atoms with Crippen molar-refractivity contribution in [3.8, 4) is 0 Å². The zero-order valence-electron chi connectivity index (χ0n) is 13.4. The van der Waals surface area contributed by atoms with Crippen LogP contribution in [-0.4, -0.2) is 27.7 Å². The maximum atomic E-state index is 12.0. The van der Waals surface area contributed by atoms with Gasteiger partial charge in [-0.1, -0.05) is 30.6 Å². The van der Waals surface area contributed by atoms with E-state index in [2.05, 4.69) is 15.8 Å². The van der Waals surface area contributed by atoms with E-state index >= 15 is 0 Å². The molecule has 3 N–H and O–H groups in total. The van der Waals surface area contributed by atoms with E-state index in [1.807, 2.05) is 11.6 Å². The average molecular weight is 348 g/mol. The van der Waals surface area contributed by atoms with Crippen LogP contribution < -0.4 is 15.5 Å². The number of aromatic carboxylic acids is 1. The summed E-state index contributed by atoms with van der Waals surface area (Å²) in [6.45, 7) is 0. The Kier molecular flexibility index (Phi) is 4.84. The van der Waals surface area contributed by atoms with Gasteiger partial charge in [-0.2, -0.15) is 0 Å². The van der Waals surface area contributed by atoms with Crippen LogP contribution in [0, 0.1) is 0 Å². The van der Waals surface area contributed by atoms with Crippen molar-refractivity contribution in [1.29, 1.82) is 0 Å². The second kappa shape index (κ2) is 7.04. The van der Waals surface area contributed by atoms with Gasteiger partial charge in [-0.3, -0.25) is 0 Å². The maximum absolute atomic E-state index is 12.0. The molecule has 2 aromatic rings. The third-order valence-electron chi connectivity index (χ3n) is 4.25. The molecular weight excluding hydrogens is 328 g/mol. The number of carbonyl (C=O) groups is 2.